The van der Waals surface area contributed by atoms with Gasteiger partial charge >= 0.3 is 5.97 Å². The highest BCUT2D eigenvalue weighted by atomic mass is 19.1. The second-order valence-electron chi connectivity index (χ2n) is 10.1. The molecule has 39 heavy (non-hydrogen) atoms. The van der Waals surface area contributed by atoms with E-state index in [-0.39, 0.29) is 11.5 Å². The largest absolute Gasteiger partial charge is 0.493 e. The standard InChI is InChI=1S/C34H30FNO3/c35-25-18-16-24(17-19-25)26-10-3-4-12-28(26)29-13-6-14-31-30(29)22-32(34(37)38)36(31)20-7-21-39-33-15-5-9-23-8-1-2-11-27(23)33/h1-2,5-6,8-9,11,13-19,22H,3-4,7,10,12,20-21H2,(H,37,38). The zero-order valence-corrected chi connectivity index (χ0v) is 21.7. The molecule has 1 aliphatic carbocycles. The molecular weight excluding hydrogens is 489 g/mol. The highest BCUT2D eigenvalue weighted by Gasteiger charge is 2.21. The summed E-state index contributed by atoms with van der Waals surface area (Å²) < 4.78 is 21.6. The molecular formula is C34H30FNO3. The zero-order valence-electron chi connectivity index (χ0n) is 21.7. The average molecular weight is 520 g/mol. The molecule has 0 fully saturated rings. The maximum absolute atomic E-state index is 13.6. The molecule has 0 aliphatic heterocycles. The SMILES string of the molecule is O=C(O)c1cc2c(C3=C(c4ccc(F)cc4)CCCC3)cccc2n1CCCOc1cccc2ccccc12. The van der Waals surface area contributed by atoms with E-state index in [0.717, 1.165) is 64.2 Å². The molecule has 6 rings (SSSR count). The Bertz CT molecular complexity index is 1690. The zero-order chi connectivity index (χ0) is 26.8. The first-order chi connectivity index (χ1) is 19.1. The molecule has 1 N–H and O–H groups in total. The molecule has 0 amide bonds. The lowest BCUT2D eigenvalue weighted by Gasteiger charge is -2.22. The third-order valence-electron chi connectivity index (χ3n) is 7.68. The first-order valence-corrected chi connectivity index (χ1v) is 13.5. The van der Waals surface area contributed by atoms with Gasteiger partial charge in [-0.05, 0) is 90.1 Å². The summed E-state index contributed by atoms with van der Waals surface area (Å²) in [6.07, 6.45) is 4.67. The minimum Gasteiger partial charge on any atom is -0.493 e. The topological polar surface area (TPSA) is 51.5 Å². The van der Waals surface area contributed by atoms with Crippen molar-refractivity contribution in [3.8, 4) is 5.75 Å². The molecule has 1 aliphatic rings. The van der Waals surface area contributed by atoms with Crippen LogP contribution in [0.15, 0.2) is 91.0 Å². The summed E-state index contributed by atoms with van der Waals surface area (Å²) in [6, 6.07) is 28.8. The molecule has 196 valence electrons. The lowest BCUT2D eigenvalue weighted by molar-refractivity contribution is 0.0685. The Kier molecular flexibility index (Phi) is 6.89. The monoisotopic (exact) mass is 519 g/mol. The molecule has 0 saturated carbocycles. The Balaban J connectivity index is 1.31. The number of ether oxygens (including phenoxy) is 1. The summed E-state index contributed by atoms with van der Waals surface area (Å²) in [6.45, 7) is 1.01. The molecule has 0 unspecified atom stereocenters. The third kappa shape index (κ3) is 4.92. The predicted octanol–water partition coefficient (Wildman–Crippen LogP) is 8.59. The van der Waals surface area contributed by atoms with Crippen LogP contribution in [0.4, 0.5) is 4.39 Å². The number of allylic oxidation sites excluding steroid dienone is 2. The van der Waals surface area contributed by atoms with Crippen molar-refractivity contribution < 1.29 is 19.0 Å². The fourth-order valence-electron chi connectivity index (χ4n) is 5.86. The minimum absolute atomic E-state index is 0.244. The van der Waals surface area contributed by atoms with Crippen LogP contribution in [0, 0.1) is 5.82 Å². The van der Waals surface area contributed by atoms with Crippen LogP contribution in [0.25, 0.3) is 32.8 Å². The number of carboxylic acids is 1. The quantitative estimate of drug-likeness (QED) is 0.209. The molecule has 5 aromatic rings. The van der Waals surface area contributed by atoms with Gasteiger partial charge in [0.2, 0.25) is 0 Å². The summed E-state index contributed by atoms with van der Waals surface area (Å²) in [5.41, 5.74) is 5.74. The van der Waals surface area contributed by atoms with Crippen LogP contribution in [0.3, 0.4) is 0 Å². The summed E-state index contributed by atoms with van der Waals surface area (Å²) in [7, 11) is 0. The number of carboxylic acid groups (broad SMARTS) is 1. The third-order valence-corrected chi connectivity index (χ3v) is 7.68. The molecule has 1 aromatic heterocycles. The smallest absolute Gasteiger partial charge is 0.352 e. The second kappa shape index (κ2) is 10.8. The maximum atomic E-state index is 13.6. The Morgan fingerprint density at radius 1 is 0.846 bits per heavy atom. The summed E-state index contributed by atoms with van der Waals surface area (Å²) in [5, 5.41) is 13.2. The van der Waals surface area contributed by atoms with E-state index in [1.807, 2.05) is 65.2 Å². The minimum atomic E-state index is -0.941. The summed E-state index contributed by atoms with van der Waals surface area (Å²) >= 11 is 0. The van der Waals surface area contributed by atoms with Gasteiger partial charge in [-0.25, -0.2) is 9.18 Å². The van der Waals surface area contributed by atoms with Crippen LogP contribution in [0.5, 0.6) is 5.75 Å². The number of aryl methyl sites for hydroxylation is 1. The van der Waals surface area contributed by atoms with E-state index in [9.17, 15) is 14.3 Å². The van der Waals surface area contributed by atoms with Crippen LogP contribution in [0.2, 0.25) is 0 Å². The molecule has 0 atom stereocenters. The number of fused-ring (bicyclic) bond motifs is 2. The van der Waals surface area contributed by atoms with E-state index in [2.05, 4.69) is 18.2 Å². The van der Waals surface area contributed by atoms with Crippen molar-refractivity contribution >= 4 is 38.8 Å². The number of carbonyl (C=O) groups is 1. The number of hydrogen-bond donors (Lipinski definition) is 1. The Hall–Kier alpha value is -4.38. The molecule has 0 bridgehead atoms. The Morgan fingerprint density at radius 3 is 2.41 bits per heavy atom. The van der Waals surface area contributed by atoms with Crippen molar-refractivity contribution in [1.82, 2.24) is 4.57 Å². The van der Waals surface area contributed by atoms with Crippen molar-refractivity contribution in [2.45, 2.75) is 38.6 Å². The van der Waals surface area contributed by atoms with Gasteiger partial charge in [-0.15, -0.1) is 0 Å². The molecule has 4 nitrogen and oxygen atoms in total. The van der Waals surface area contributed by atoms with Gasteiger partial charge in [0.25, 0.3) is 0 Å². The molecule has 0 spiro atoms. The highest BCUT2D eigenvalue weighted by Crippen LogP contribution is 2.41. The number of halogens is 1. The van der Waals surface area contributed by atoms with E-state index >= 15 is 0 Å². The molecule has 0 saturated heterocycles. The molecule has 4 aromatic carbocycles. The van der Waals surface area contributed by atoms with Gasteiger partial charge in [0.1, 0.15) is 17.3 Å². The number of nitrogens with zero attached hydrogens (tertiary/aromatic N) is 1. The first-order valence-electron chi connectivity index (χ1n) is 13.5. The van der Waals surface area contributed by atoms with Gasteiger partial charge < -0.3 is 14.4 Å². The maximum Gasteiger partial charge on any atom is 0.352 e. The highest BCUT2D eigenvalue weighted by molar-refractivity contribution is 6.04. The van der Waals surface area contributed by atoms with Gasteiger partial charge in [0.15, 0.2) is 0 Å². The molecule has 0 radical (unpaired) electrons. The van der Waals surface area contributed by atoms with Gasteiger partial charge in [0, 0.05) is 22.8 Å². The van der Waals surface area contributed by atoms with Crippen LogP contribution in [-0.2, 0) is 6.54 Å². The summed E-state index contributed by atoms with van der Waals surface area (Å²) in [4.78, 5) is 12.3. The number of aromatic carboxylic acids is 1. The average Bonchev–Trinajstić information content (AvgIpc) is 3.35. The van der Waals surface area contributed by atoms with Crippen molar-refractivity contribution in [3.05, 3.63) is 114 Å². The summed E-state index contributed by atoms with van der Waals surface area (Å²) in [5.74, 6) is -0.348. The Morgan fingerprint density at radius 2 is 1.59 bits per heavy atom. The van der Waals surface area contributed by atoms with E-state index in [1.54, 1.807) is 0 Å². The second-order valence-corrected chi connectivity index (χ2v) is 10.1. The molecule has 5 heteroatoms. The van der Waals surface area contributed by atoms with Crippen LogP contribution >= 0.6 is 0 Å². The molecule has 1 heterocycles. The van der Waals surface area contributed by atoms with Crippen molar-refractivity contribution in [3.63, 3.8) is 0 Å². The van der Waals surface area contributed by atoms with E-state index < -0.39 is 5.97 Å². The van der Waals surface area contributed by atoms with Gasteiger partial charge in [-0.1, -0.05) is 60.7 Å². The number of benzene rings is 4. The van der Waals surface area contributed by atoms with E-state index in [0.29, 0.717) is 19.6 Å². The van der Waals surface area contributed by atoms with E-state index in [1.165, 1.54) is 23.3 Å². The fourth-order valence-corrected chi connectivity index (χ4v) is 5.86. The fraction of sp³-hybridized carbons (Fsp3) is 0.206. The van der Waals surface area contributed by atoms with Crippen LogP contribution < -0.4 is 4.74 Å². The van der Waals surface area contributed by atoms with Gasteiger partial charge in [-0.2, -0.15) is 0 Å². The van der Waals surface area contributed by atoms with Crippen LogP contribution in [-0.4, -0.2) is 22.2 Å². The van der Waals surface area contributed by atoms with Crippen molar-refractivity contribution in [1.29, 1.82) is 0 Å². The lowest BCUT2D eigenvalue weighted by Crippen LogP contribution is -2.11. The van der Waals surface area contributed by atoms with Crippen LogP contribution in [0.1, 0.15) is 53.7 Å². The predicted molar refractivity (Wildman–Crippen MR) is 155 cm³/mol. The van der Waals surface area contributed by atoms with Crippen molar-refractivity contribution in [2.75, 3.05) is 6.61 Å². The number of aromatic nitrogens is 1. The number of rotatable bonds is 8. The van der Waals surface area contributed by atoms with Gasteiger partial charge in [0.05, 0.1) is 6.61 Å². The van der Waals surface area contributed by atoms with E-state index in [4.69, 9.17) is 4.74 Å². The Labute approximate surface area is 227 Å². The first kappa shape index (κ1) is 24.9. The lowest BCUT2D eigenvalue weighted by atomic mass is 9.83. The van der Waals surface area contributed by atoms with Gasteiger partial charge in [-0.3, -0.25) is 0 Å². The normalized spacial score (nSPS) is 13.8. The van der Waals surface area contributed by atoms with Crippen molar-refractivity contribution in [2.24, 2.45) is 0 Å². The number of hydrogen-bond acceptors (Lipinski definition) is 2.